The third kappa shape index (κ3) is 4.21. The van der Waals surface area contributed by atoms with Crippen molar-refractivity contribution in [2.75, 3.05) is 30.7 Å². The van der Waals surface area contributed by atoms with Crippen molar-refractivity contribution in [3.8, 4) is 0 Å². The lowest BCUT2D eigenvalue weighted by Gasteiger charge is -2.36. The SMILES string of the molecule is O=C1CSc2ccc(CN[C@@H]3CCN(CC4Cn5c(=O)ccc6ncc(F)c4c65)C[C@@H]3F)nc2N1. The Morgan fingerprint density at radius 1 is 1.20 bits per heavy atom. The summed E-state index contributed by atoms with van der Waals surface area (Å²) >= 11 is 1.46. The molecule has 0 saturated carbocycles. The minimum Gasteiger partial charge on any atom is -0.309 e. The van der Waals surface area contributed by atoms with Crippen LogP contribution >= 0.6 is 11.8 Å². The first kappa shape index (κ1) is 22.6. The second kappa shape index (κ2) is 8.96. The van der Waals surface area contributed by atoms with Gasteiger partial charge in [0.15, 0.2) is 0 Å². The van der Waals surface area contributed by atoms with E-state index >= 15 is 4.39 Å². The maximum atomic E-state index is 15.1. The molecule has 3 aliphatic heterocycles. The first-order chi connectivity index (χ1) is 17.0. The molecule has 1 amide bonds. The summed E-state index contributed by atoms with van der Waals surface area (Å²) in [5.74, 6) is 0.238. The lowest BCUT2D eigenvalue weighted by Crippen LogP contribution is -2.51. The summed E-state index contributed by atoms with van der Waals surface area (Å²) < 4.78 is 31.4. The van der Waals surface area contributed by atoms with E-state index in [-0.39, 0.29) is 30.0 Å². The second-order valence-corrected chi connectivity index (χ2v) is 10.3. The van der Waals surface area contributed by atoms with Gasteiger partial charge in [0.2, 0.25) is 5.91 Å². The molecular formula is C24H24F2N6O2S. The molecule has 0 aliphatic carbocycles. The Morgan fingerprint density at radius 3 is 2.94 bits per heavy atom. The summed E-state index contributed by atoms with van der Waals surface area (Å²) in [6.07, 6.45) is 0.718. The Bertz CT molecular complexity index is 1380. The van der Waals surface area contributed by atoms with Gasteiger partial charge in [-0.2, -0.15) is 0 Å². The fourth-order valence-electron chi connectivity index (χ4n) is 5.31. The van der Waals surface area contributed by atoms with Crippen LogP contribution in [-0.4, -0.2) is 62.9 Å². The number of likely N-dealkylation sites (tertiary alicyclic amines) is 1. The van der Waals surface area contributed by atoms with E-state index in [1.54, 1.807) is 10.6 Å². The third-order valence-corrected chi connectivity index (χ3v) is 8.03. The molecule has 1 fully saturated rings. The van der Waals surface area contributed by atoms with Crippen LogP contribution in [0, 0.1) is 5.82 Å². The van der Waals surface area contributed by atoms with Gasteiger partial charge in [0.05, 0.1) is 33.6 Å². The molecule has 3 atom stereocenters. The standard InChI is InChI=1S/C24H24F2N6O2S/c25-15-8-28-18-2-4-21(34)32-10-13(22(15)23(18)32)9-31-6-5-17(16(26)11-31)27-7-14-1-3-19-24(29-14)30-20(33)12-35-19/h1-4,8,13,16-17,27H,5-7,9-12H2,(H,29,30,33)/t13?,16-,17+/m0/s1. The molecule has 2 N–H and O–H groups in total. The molecule has 1 saturated heterocycles. The van der Waals surface area contributed by atoms with Crippen LogP contribution in [0.3, 0.4) is 0 Å². The number of amides is 1. The Kier molecular flexibility index (Phi) is 5.78. The van der Waals surface area contributed by atoms with Gasteiger partial charge in [0.1, 0.15) is 17.8 Å². The van der Waals surface area contributed by atoms with Gasteiger partial charge in [-0.1, -0.05) is 0 Å². The van der Waals surface area contributed by atoms with Crippen molar-refractivity contribution in [2.45, 2.75) is 42.5 Å². The van der Waals surface area contributed by atoms with E-state index in [0.29, 0.717) is 60.8 Å². The summed E-state index contributed by atoms with van der Waals surface area (Å²) in [5, 5.41) is 6.05. The first-order valence-electron chi connectivity index (χ1n) is 11.7. The Morgan fingerprint density at radius 2 is 2.09 bits per heavy atom. The van der Waals surface area contributed by atoms with E-state index in [9.17, 15) is 14.0 Å². The van der Waals surface area contributed by atoms with Gasteiger partial charge in [-0.25, -0.2) is 13.8 Å². The molecule has 0 bridgehead atoms. The number of alkyl halides is 1. The van der Waals surface area contributed by atoms with Gasteiger partial charge >= 0.3 is 0 Å². The topological polar surface area (TPSA) is 92.2 Å². The molecule has 35 heavy (non-hydrogen) atoms. The van der Waals surface area contributed by atoms with Crippen LogP contribution < -0.4 is 16.2 Å². The van der Waals surface area contributed by atoms with Gasteiger partial charge in [-0.15, -0.1) is 11.8 Å². The van der Waals surface area contributed by atoms with Crippen LogP contribution in [0.15, 0.2) is 40.2 Å². The molecule has 3 aliphatic rings. The van der Waals surface area contributed by atoms with Crippen molar-refractivity contribution < 1.29 is 13.6 Å². The highest BCUT2D eigenvalue weighted by molar-refractivity contribution is 8.00. The summed E-state index contributed by atoms with van der Waals surface area (Å²) in [4.78, 5) is 35.5. The predicted octanol–water partition coefficient (Wildman–Crippen LogP) is 2.27. The number of nitrogens with zero attached hydrogens (tertiary/aromatic N) is 4. The monoisotopic (exact) mass is 498 g/mol. The fraction of sp³-hybridized carbons (Fsp3) is 0.417. The van der Waals surface area contributed by atoms with Crippen molar-refractivity contribution >= 4 is 34.5 Å². The molecule has 6 rings (SSSR count). The number of halogens is 2. The highest BCUT2D eigenvalue weighted by Crippen LogP contribution is 2.35. The number of fused-ring (bicyclic) bond motifs is 1. The maximum absolute atomic E-state index is 15.1. The van der Waals surface area contributed by atoms with Gasteiger partial charge < -0.3 is 15.2 Å². The van der Waals surface area contributed by atoms with Crippen molar-refractivity contribution in [1.29, 1.82) is 0 Å². The van der Waals surface area contributed by atoms with Crippen molar-refractivity contribution in [3.05, 3.63) is 57.9 Å². The quantitative estimate of drug-likeness (QED) is 0.558. The molecule has 0 aromatic carbocycles. The highest BCUT2D eigenvalue weighted by Gasteiger charge is 2.34. The number of pyridine rings is 3. The van der Waals surface area contributed by atoms with E-state index < -0.39 is 12.0 Å². The maximum Gasteiger partial charge on any atom is 0.251 e. The average molecular weight is 499 g/mol. The molecule has 3 aromatic heterocycles. The number of hydrogen-bond donors (Lipinski definition) is 2. The number of hydrogen-bond acceptors (Lipinski definition) is 7. The van der Waals surface area contributed by atoms with Crippen LogP contribution in [0.1, 0.15) is 23.6 Å². The molecule has 8 nitrogen and oxygen atoms in total. The number of aromatic nitrogens is 3. The normalized spacial score (nSPS) is 23.9. The number of carbonyl (C=O) groups is 1. The number of nitrogens with one attached hydrogen (secondary N) is 2. The van der Waals surface area contributed by atoms with E-state index in [2.05, 4.69) is 20.6 Å². The van der Waals surface area contributed by atoms with Crippen LogP contribution in [0.4, 0.5) is 14.6 Å². The molecule has 0 radical (unpaired) electrons. The summed E-state index contributed by atoms with van der Waals surface area (Å²) in [6.45, 7) is 2.16. The highest BCUT2D eigenvalue weighted by atomic mass is 32.2. The van der Waals surface area contributed by atoms with Crippen molar-refractivity contribution in [2.24, 2.45) is 0 Å². The molecule has 6 heterocycles. The number of anilines is 1. The summed E-state index contributed by atoms with van der Waals surface area (Å²) in [5.41, 5.74) is 2.24. The Balaban J connectivity index is 1.09. The molecule has 0 spiro atoms. The zero-order valence-corrected chi connectivity index (χ0v) is 19.7. The molecule has 1 unspecified atom stereocenters. The van der Waals surface area contributed by atoms with E-state index in [1.807, 2.05) is 17.0 Å². The molecule has 11 heteroatoms. The van der Waals surface area contributed by atoms with Gasteiger partial charge in [0, 0.05) is 49.8 Å². The second-order valence-electron chi connectivity index (χ2n) is 9.27. The predicted molar refractivity (Wildman–Crippen MR) is 129 cm³/mol. The minimum atomic E-state index is -1.09. The molecule has 182 valence electrons. The lowest BCUT2D eigenvalue weighted by molar-refractivity contribution is -0.113. The van der Waals surface area contributed by atoms with E-state index in [0.717, 1.165) is 10.6 Å². The van der Waals surface area contributed by atoms with Crippen LogP contribution in [-0.2, 0) is 17.9 Å². The fourth-order valence-corrected chi connectivity index (χ4v) is 6.06. The number of piperidine rings is 1. The average Bonchev–Trinajstić information content (AvgIpc) is 3.23. The lowest BCUT2D eigenvalue weighted by atomic mass is 9.97. The smallest absolute Gasteiger partial charge is 0.251 e. The van der Waals surface area contributed by atoms with Crippen molar-refractivity contribution in [1.82, 2.24) is 24.8 Å². The van der Waals surface area contributed by atoms with Gasteiger partial charge in [0.25, 0.3) is 5.56 Å². The van der Waals surface area contributed by atoms with Gasteiger partial charge in [-0.3, -0.25) is 19.5 Å². The Hall–Kier alpha value is -2.89. The van der Waals surface area contributed by atoms with Crippen LogP contribution in [0.5, 0.6) is 0 Å². The van der Waals surface area contributed by atoms with Crippen LogP contribution in [0.2, 0.25) is 0 Å². The number of thioether (sulfide) groups is 1. The Labute approximate surface area is 204 Å². The summed E-state index contributed by atoms with van der Waals surface area (Å²) in [6, 6.07) is 6.58. The van der Waals surface area contributed by atoms with Crippen molar-refractivity contribution in [3.63, 3.8) is 0 Å². The first-order valence-corrected chi connectivity index (χ1v) is 12.6. The number of carbonyl (C=O) groups excluding carboxylic acids is 1. The molecule has 3 aromatic rings. The number of rotatable bonds is 5. The molecular weight excluding hydrogens is 474 g/mol. The third-order valence-electron chi connectivity index (χ3n) is 6.98. The zero-order valence-electron chi connectivity index (χ0n) is 18.8. The summed E-state index contributed by atoms with van der Waals surface area (Å²) in [7, 11) is 0. The van der Waals surface area contributed by atoms with E-state index in [1.165, 1.54) is 24.0 Å². The van der Waals surface area contributed by atoms with Crippen LogP contribution in [0.25, 0.3) is 11.0 Å². The minimum absolute atomic E-state index is 0.0704. The van der Waals surface area contributed by atoms with E-state index in [4.69, 9.17) is 0 Å². The zero-order chi connectivity index (χ0) is 24.1. The van der Waals surface area contributed by atoms with Gasteiger partial charge in [-0.05, 0) is 31.2 Å². The largest absolute Gasteiger partial charge is 0.309 e.